The Kier molecular flexibility index (Phi) is 13.0. The number of carbonyl (C=O) groups is 1. The molecule has 0 aromatic rings. The van der Waals surface area contributed by atoms with Gasteiger partial charge in [0.1, 0.15) is 0 Å². The van der Waals surface area contributed by atoms with Crippen LogP contribution >= 0.6 is 12.6 Å². The molecule has 0 bridgehead atoms. The maximum Gasteiger partial charge on any atom is 0.339 e. The number of amides is 2. The fourth-order valence-corrected chi connectivity index (χ4v) is 2.23. The summed E-state index contributed by atoms with van der Waals surface area (Å²) in [6, 6.07) is -0.274. The van der Waals surface area contributed by atoms with Crippen LogP contribution in [0.2, 0.25) is 0 Å². The summed E-state index contributed by atoms with van der Waals surface area (Å²) in [7, 11) is 0. The van der Waals surface area contributed by atoms with Crippen molar-refractivity contribution in [2.75, 3.05) is 12.4 Å². The first-order valence-electron chi connectivity index (χ1n) is 8.26. The minimum atomic E-state index is -0.274. The highest BCUT2D eigenvalue weighted by Gasteiger charge is 2.12. The van der Waals surface area contributed by atoms with Crippen LogP contribution in [-0.4, -0.2) is 23.9 Å². The van der Waals surface area contributed by atoms with E-state index in [4.69, 9.17) is 4.84 Å². The summed E-state index contributed by atoms with van der Waals surface area (Å²) in [5.41, 5.74) is 2.18. The van der Waals surface area contributed by atoms with Crippen molar-refractivity contribution in [2.45, 2.75) is 84.1 Å². The van der Waals surface area contributed by atoms with E-state index in [1.807, 2.05) is 20.8 Å². The van der Waals surface area contributed by atoms with Gasteiger partial charge in [0, 0.05) is 5.54 Å². The van der Waals surface area contributed by atoms with E-state index in [9.17, 15) is 4.79 Å². The number of thiol groups is 1. The molecule has 0 aromatic carbocycles. The summed E-state index contributed by atoms with van der Waals surface area (Å²) >= 11 is 4.21. The smallest absolute Gasteiger partial charge is 0.332 e. The Hall–Kier alpha value is -0.420. The maximum atomic E-state index is 11.4. The zero-order chi connectivity index (χ0) is 16.0. The number of rotatable bonds is 12. The van der Waals surface area contributed by atoms with Crippen molar-refractivity contribution in [2.24, 2.45) is 0 Å². The second-order valence-corrected chi connectivity index (χ2v) is 7.01. The molecule has 0 saturated heterocycles. The van der Waals surface area contributed by atoms with Gasteiger partial charge in [-0.3, -0.25) is 4.84 Å². The van der Waals surface area contributed by atoms with Gasteiger partial charge in [0.25, 0.3) is 0 Å². The van der Waals surface area contributed by atoms with Crippen LogP contribution in [0.15, 0.2) is 0 Å². The summed E-state index contributed by atoms with van der Waals surface area (Å²) in [6.45, 7) is 6.39. The topological polar surface area (TPSA) is 50.4 Å². The van der Waals surface area contributed by atoms with Crippen molar-refractivity contribution in [1.82, 2.24) is 10.8 Å². The van der Waals surface area contributed by atoms with Crippen LogP contribution in [0.3, 0.4) is 0 Å². The lowest BCUT2D eigenvalue weighted by molar-refractivity contribution is 0.0563. The Morgan fingerprint density at radius 2 is 1.38 bits per heavy atom. The van der Waals surface area contributed by atoms with Crippen LogP contribution < -0.4 is 10.8 Å². The van der Waals surface area contributed by atoms with E-state index in [1.54, 1.807) is 0 Å². The van der Waals surface area contributed by atoms with Crippen LogP contribution in [0, 0.1) is 0 Å². The minimum Gasteiger partial charge on any atom is -0.332 e. The van der Waals surface area contributed by atoms with Crippen molar-refractivity contribution in [3.63, 3.8) is 0 Å². The largest absolute Gasteiger partial charge is 0.339 e. The predicted octanol–water partition coefficient (Wildman–Crippen LogP) is 4.46. The number of hydroxylamine groups is 1. The Balaban J connectivity index is 3.17. The number of nitrogens with one attached hydrogen (secondary N) is 2. The molecular weight excluding hydrogens is 284 g/mol. The molecule has 2 N–H and O–H groups in total. The van der Waals surface area contributed by atoms with Crippen molar-refractivity contribution < 1.29 is 9.63 Å². The first-order chi connectivity index (χ1) is 9.95. The SMILES string of the molecule is CC(C)(C)NC(=O)NOCCCCCCCCCCCS. The number of hydrogen-bond donors (Lipinski definition) is 3. The molecule has 0 aliphatic carbocycles. The Bertz CT molecular complexity index is 255. The second-order valence-electron chi connectivity index (χ2n) is 6.56. The Labute approximate surface area is 136 Å². The zero-order valence-electron chi connectivity index (χ0n) is 14.0. The van der Waals surface area contributed by atoms with Gasteiger partial charge in [-0.25, -0.2) is 10.3 Å². The average Bonchev–Trinajstić information content (AvgIpc) is 2.38. The lowest BCUT2D eigenvalue weighted by Crippen LogP contribution is -2.46. The van der Waals surface area contributed by atoms with E-state index in [0.29, 0.717) is 6.61 Å². The normalized spacial score (nSPS) is 11.4. The predicted molar refractivity (Wildman–Crippen MR) is 92.8 cm³/mol. The van der Waals surface area contributed by atoms with Crippen LogP contribution in [-0.2, 0) is 4.84 Å². The van der Waals surface area contributed by atoms with Gasteiger partial charge in [0.2, 0.25) is 0 Å². The highest BCUT2D eigenvalue weighted by atomic mass is 32.1. The highest BCUT2D eigenvalue weighted by molar-refractivity contribution is 7.80. The molecule has 0 aromatic heterocycles. The fourth-order valence-electron chi connectivity index (χ4n) is 2.01. The Morgan fingerprint density at radius 3 is 1.86 bits per heavy atom. The number of hydrogen-bond acceptors (Lipinski definition) is 3. The van der Waals surface area contributed by atoms with E-state index < -0.39 is 0 Å². The summed E-state index contributed by atoms with van der Waals surface area (Å²) in [5.74, 6) is 1.02. The molecule has 5 heteroatoms. The van der Waals surface area contributed by atoms with Crippen LogP contribution in [0.4, 0.5) is 4.79 Å². The van der Waals surface area contributed by atoms with E-state index in [2.05, 4.69) is 23.4 Å². The fraction of sp³-hybridized carbons (Fsp3) is 0.938. The average molecular weight is 319 g/mol. The summed E-state index contributed by atoms with van der Waals surface area (Å²) in [6.07, 6.45) is 11.3. The lowest BCUT2D eigenvalue weighted by atomic mass is 10.1. The third-order valence-corrected chi connectivity index (χ3v) is 3.37. The van der Waals surface area contributed by atoms with Gasteiger partial charge >= 0.3 is 6.03 Å². The minimum absolute atomic E-state index is 0.236. The third kappa shape index (κ3) is 17.5. The molecule has 4 nitrogen and oxygen atoms in total. The van der Waals surface area contributed by atoms with Gasteiger partial charge in [0.15, 0.2) is 0 Å². The number of urea groups is 1. The van der Waals surface area contributed by atoms with Gasteiger partial charge in [0.05, 0.1) is 6.61 Å². The van der Waals surface area contributed by atoms with E-state index in [0.717, 1.165) is 12.2 Å². The van der Waals surface area contributed by atoms with Gasteiger partial charge < -0.3 is 5.32 Å². The molecular formula is C16H34N2O2S. The van der Waals surface area contributed by atoms with Gasteiger partial charge in [-0.1, -0.05) is 44.9 Å². The van der Waals surface area contributed by atoms with Crippen molar-refractivity contribution in [3.05, 3.63) is 0 Å². The summed E-state index contributed by atoms with van der Waals surface area (Å²) < 4.78 is 0. The molecule has 0 radical (unpaired) electrons. The number of unbranched alkanes of at least 4 members (excludes halogenated alkanes) is 8. The van der Waals surface area contributed by atoms with Crippen molar-refractivity contribution in [1.29, 1.82) is 0 Å². The zero-order valence-corrected chi connectivity index (χ0v) is 14.9. The van der Waals surface area contributed by atoms with E-state index in [1.165, 1.54) is 51.4 Å². The maximum absolute atomic E-state index is 11.4. The summed E-state index contributed by atoms with van der Waals surface area (Å²) in [4.78, 5) is 16.5. The van der Waals surface area contributed by atoms with Crippen LogP contribution in [0.5, 0.6) is 0 Å². The molecule has 0 spiro atoms. The Morgan fingerprint density at radius 1 is 0.905 bits per heavy atom. The molecule has 0 atom stereocenters. The molecule has 21 heavy (non-hydrogen) atoms. The van der Waals surface area contributed by atoms with Crippen LogP contribution in [0.25, 0.3) is 0 Å². The quantitative estimate of drug-likeness (QED) is 0.283. The van der Waals surface area contributed by atoms with Crippen molar-refractivity contribution in [3.8, 4) is 0 Å². The highest BCUT2D eigenvalue weighted by Crippen LogP contribution is 2.09. The van der Waals surface area contributed by atoms with E-state index >= 15 is 0 Å². The monoisotopic (exact) mass is 318 g/mol. The third-order valence-electron chi connectivity index (χ3n) is 3.06. The van der Waals surface area contributed by atoms with Crippen LogP contribution in [0.1, 0.15) is 78.6 Å². The van der Waals surface area contributed by atoms with Gasteiger partial charge in [-0.05, 0) is 39.4 Å². The molecule has 0 aliphatic heterocycles. The molecule has 126 valence electrons. The van der Waals surface area contributed by atoms with E-state index in [-0.39, 0.29) is 11.6 Å². The van der Waals surface area contributed by atoms with Gasteiger partial charge in [-0.2, -0.15) is 12.6 Å². The second kappa shape index (κ2) is 13.3. The molecule has 2 amide bonds. The van der Waals surface area contributed by atoms with Gasteiger partial charge in [-0.15, -0.1) is 0 Å². The molecule has 0 saturated carbocycles. The molecule has 0 rings (SSSR count). The summed E-state index contributed by atoms with van der Waals surface area (Å²) in [5, 5.41) is 2.78. The first kappa shape index (κ1) is 20.6. The molecule has 0 unspecified atom stereocenters. The van der Waals surface area contributed by atoms with Crippen molar-refractivity contribution >= 4 is 18.7 Å². The first-order valence-corrected chi connectivity index (χ1v) is 8.90. The molecule has 0 aliphatic rings. The molecule has 0 fully saturated rings. The molecule has 0 heterocycles. The lowest BCUT2D eigenvalue weighted by Gasteiger charge is -2.20. The number of carbonyl (C=O) groups excluding carboxylic acids is 1. The standard InChI is InChI=1S/C16H34N2O2S/c1-16(2,3)17-15(19)18-20-13-11-9-7-5-4-6-8-10-12-14-21/h21H,4-14H2,1-3H3,(H2,17,18,19).